The number of halogens is 1. The molecule has 10 nitrogen and oxygen atoms in total. The van der Waals surface area contributed by atoms with Crippen LogP contribution in [0, 0.1) is 10.1 Å². The molecule has 190 valence electrons. The van der Waals surface area contributed by atoms with Gasteiger partial charge in [-0.25, -0.2) is 9.97 Å². The van der Waals surface area contributed by atoms with Crippen LogP contribution in [0.1, 0.15) is 18.2 Å². The van der Waals surface area contributed by atoms with Crippen LogP contribution in [-0.2, 0) is 0 Å². The summed E-state index contributed by atoms with van der Waals surface area (Å²) in [6.07, 6.45) is 3.55. The van der Waals surface area contributed by atoms with Crippen LogP contribution in [0.25, 0.3) is 5.57 Å². The summed E-state index contributed by atoms with van der Waals surface area (Å²) in [4.78, 5) is 24.4. The van der Waals surface area contributed by atoms with Crippen molar-refractivity contribution < 1.29 is 9.66 Å². The molecule has 0 saturated carbocycles. The number of ether oxygens (including phenoxy) is 1. The number of benzene rings is 2. The number of hydrogen-bond acceptors (Lipinski definition) is 9. The number of nitrogens with zero attached hydrogens (tertiary/aromatic N) is 5. The van der Waals surface area contributed by atoms with Gasteiger partial charge in [0.1, 0.15) is 11.4 Å². The van der Waals surface area contributed by atoms with E-state index in [4.69, 9.17) is 10.5 Å². The molecule has 3 rings (SSSR count). The molecule has 0 unspecified atom stereocenters. The van der Waals surface area contributed by atoms with Crippen LogP contribution in [0.4, 0.5) is 28.7 Å². The molecule has 0 amide bonds. The Labute approximate surface area is 219 Å². The Morgan fingerprint density at radius 3 is 2.58 bits per heavy atom. The number of nitrogens with one attached hydrogen (secondary N) is 1. The molecule has 0 spiro atoms. The van der Waals surface area contributed by atoms with E-state index >= 15 is 0 Å². The van der Waals surface area contributed by atoms with Crippen molar-refractivity contribution >= 4 is 50.2 Å². The number of nitrogen functional groups attached to an aromatic ring is 1. The third kappa shape index (κ3) is 6.10. The predicted octanol–water partition coefficient (Wildman–Crippen LogP) is 4.93. The third-order valence-electron chi connectivity index (χ3n) is 5.57. The lowest BCUT2D eigenvalue weighted by molar-refractivity contribution is -0.384. The zero-order valence-corrected chi connectivity index (χ0v) is 22.5. The number of aromatic nitrogens is 2. The lowest BCUT2D eigenvalue weighted by Crippen LogP contribution is -2.28. The van der Waals surface area contributed by atoms with E-state index in [2.05, 4.69) is 31.2 Å². The molecule has 0 saturated heterocycles. The Kier molecular flexibility index (Phi) is 8.83. The number of anilines is 4. The molecule has 0 aliphatic carbocycles. The van der Waals surface area contributed by atoms with Crippen molar-refractivity contribution in [2.24, 2.45) is 0 Å². The summed E-state index contributed by atoms with van der Waals surface area (Å²) in [7, 11) is 7.23. The summed E-state index contributed by atoms with van der Waals surface area (Å²) in [6.45, 7) is 3.25. The molecule has 0 aliphatic rings. The first-order valence-corrected chi connectivity index (χ1v) is 12.0. The maximum atomic E-state index is 11.9. The van der Waals surface area contributed by atoms with Gasteiger partial charge in [-0.05, 0) is 43.0 Å². The molecule has 1 heterocycles. The van der Waals surface area contributed by atoms with E-state index in [9.17, 15) is 10.1 Å². The Balaban J connectivity index is 2.02. The number of hydrogen-bond donors (Lipinski definition) is 2. The smallest absolute Gasteiger partial charge is 0.294 e. The first-order valence-electron chi connectivity index (χ1n) is 11.2. The molecule has 11 heteroatoms. The van der Waals surface area contributed by atoms with E-state index in [-0.39, 0.29) is 11.6 Å². The molecular weight excluding hydrogens is 526 g/mol. The van der Waals surface area contributed by atoms with E-state index in [1.807, 2.05) is 68.2 Å². The van der Waals surface area contributed by atoms with Gasteiger partial charge >= 0.3 is 0 Å². The van der Waals surface area contributed by atoms with E-state index in [0.29, 0.717) is 39.5 Å². The number of para-hydroxylation sites is 1. The highest BCUT2D eigenvalue weighted by Gasteiger charge is 2.23. The number of nitro groups is 1. The van der Waals surface area contributed by atoms with Gasteiger partial charge in [0.25, 0.3) is 5.69 Å². The van der Waals surface area contributed by atoms with Crippen LogP contribution >= 0.6 is 15.9 Å². The summed E-state index contributed by atoms with van der Waals surface area (Å²) in [5.74, 6) is 0.683. The Hall–Kier alpha value is -3.70. The van der Waals surface area contributed by atoms with Crippen molar-refractivity contribution in [3.63, 3.8) is 0 Å². The van der Waals surface area contributed by atoms with Gasteiger partial charge in [0.15, 0.2) is 0 Å². The van der Waals surface area contributed by atoms with Gasteiger partial charge in [-0.3, -0.25) is 10.1 Å². The fourth-order valence-corrected chi connectivity index (χ4v) is 4.05. The quantitative estimate of drug-likeness (QED) is 0.203. The maximum Gasteiger partial charge on any atom is 0.294 e. The SMILES string of the molecule is C/C=C(\c1ccccc1N)c1nc(Nc2cc([N+](=O)[O-])c(N(C)CCN(C)C)cc2OC)ncc1Br. The maximum absolute atomic E-state index is 11.9. The van der Waals surface area contributed by atoms with Gasteiger partial charge in [-0.15, -0.1) is 0 Å². The fourth-order valence-electron chi connectivity index (χ4n) is 3.65. The number of rotatable bonds is 10. The number of nitro benzene ring substituents is 1. The van der Waals surface area contributed by atoms with E-state index in [1.54, 1.807) is 12.3 Å². The average molecular weight is 556 g/mol. The van der Waals surface area contributed by atoms with Gasteiger partial charge in [-0.2, -0.15) is 0 Å². The van der Waals surface area contributed by atoms with Gasteiger partial charge < -0.3 is 25.6 Å². The number of likely N-dealkylation sites (N-methyl/N-ethyl adjacent to an activating group) is 2. The minimum atomic E-state index is -0.407. The second-order valence-electron chi connectivity index (χ2n) is 8.33. The van der Waals surface area contributed by atoms with Crippen molar-refractivity contribution in [1.82, 2.24) is 14.9 Å². The molecule has 2 aromatic carbocycles. The summed E-state index contributed by atoms with van der Waals surface area (Å²) in [5, 5.41) is 15.0. The largest absolute Gasteiger partial charge is 0.494 e. The van der Waals surface area contributed by atoms with Gasteiger partial charge in [0.2, 0.25) is 5.95 Å². The molecule has 0 radical (unpaired) electrons. The van der Waals surface area contributed by atoms with E-state index < -0.39 is 4.92 Å². The normalized spacial score (nSPS) is 11.5. The molecule has 3 aromatic rings. The Morgan fingerprint density at radius 1 is 1.25 bits per heavy atom. The highest BCUT2D eigenvalue weighted by atomic mass is 79.9. The monoisotopic (exact) mass is 555 g/mol. The van der Waals surface area contributed by atoms with Crippen LogP contribution in [0.2, 0.25) is 0 Å². The second-order valence-corrected chi connectivity index (χ2v) is 9.18. The first-order chi connectivity index (χ1) is 17.2. The summed E-state index contributed by atoms with van der Waals surface area (Å²) >= 11 is 3.53. The Morgan fingerprint density at radius 2 is 1.97 bits per heavy atom. The third-order valence-corrected chi connectivity index (χ3v) is 6.15. The van der Waals surface area contributed by atoms with Crippen LogP contribution in [0.5, 0.6) is 5.75 Å². The standard InChI is InChI=1S/C25H30BrN7O3/c1-6-16(17-9-7-8-10-19(17)27)24-18(26)15-28-25(30-24)29-20-13-22(33(34)35)21(14-23(20)36-5)32(4)12-11-31(2)3/h6-10,13-15H,11-12,27H2,1-5H3,(H,28,29,30)/b16-6+. The molecule has 3 N–H and O–H groups in total. The van der Waals surface area contributed by atoms with Crippen LogP contribution in [0.3, 0.4) is 0 Å². The lowest BCUT2D eigenvalue weighted by atomic mass is 10.0. The molecule has 0 aliphatic heterocycles. The summed E-state index contributed by atoms with van der Waals surface area (Å²) in [6, 6.07) is 10.6. The minimum absolute atomic E-state index is 0.0527. The minimum Gasteiger partial charge on any atom is -0.494 e. The molecule has 36 heavy (non-hydrogen) atoms. The summed E-state index contributed by atoms with van der Waals surface area (Å²) < 4.78 is 6.24. The highest BCUT2D eigenvalue weighted by Crippen LogP contribution is 2.39. The number of methoxy groups -OCH3 is 1. The van der Waals surface area contributed by atoms with Crippen molar-refractivity contribution in [3.05, 3.63) is 74.5 Å². The van der Waals surface area contributed by atoms with Crippen LogP contribution < -0.4 is 20.7 Å². The van der Waals surface area contributed by atoms with Crippen LogP contribution in [-0.4, -0.2) is 61.1 Å². The van der Waals surface area contributed by atoms with Gasteiger partial charge in [0.05, 0.1) is 27.9 Å². The highest BCUT2D eigenvalue weighted by molar-refractivity contribution is 9.10. The second kappa shape index (κ2) is 11.8. The Bertz CT molecular complexity index is 1280. The molecule has 0 atom stereocenters. The first kappa shape index (κ1) is 26.9. The molecule has 0 bridgehead atoms. The fraction of sp³-hybridized carbons (Fsp3) is 0.280. The zero-order chi connectivity index (χ0) is 26.4. The van der Waals surface area contributed by atoms with Gasteiger partial charge in [-0.1, -0.05) is 24.3 Å². The summed E-state index contributed by atoms with van der Waals surface area (Å²) in [5.41, 5.74) is 9.89. The van der Waals surface area contributed by atoms with Gasteiger partial charge in [0, 0.05) is 55.3 Å². The average Bonchev–Trinajstić information content (AvgIpc) is 2.85. The van der Waals surface area contributed by atoms with Crippen molar-refractivity contribution in [3.8, 4) is 5.75 Å². The zero-order valence-electron chi connectivity index (χ0n) is 20.9. The number of allylic oxidation sites excluding steroid dienone is 1. The molecule has 0 fully saturated rings. The van der Waals surface area contributed by atoms with E-state index in [1.165, 1.54) is 13.2 Å². The van der Waals surface area contributed by atoms with Crippen molar-refractivity contribution in [1.29, 1.82) is 0 Å². The molecule has 1 aromatic heterocycles. The topological polar surface area (TPSA) is 123 Å². The van der Waals surface area contributed by atoms with Crippen molar-refractivity contribution in [2.45, 2.75) is 6.92 Å². The predicted molar refractivity (Wildman–Crippen MR) is 148 cm³/mol. The number of nitrogens with two attached hydrogens (primary N) is 1. The van der Waals surface area contributed by atoms with E-state index in [0.717, 1.165) is 17.7 Å². The molecular formula is C25H30BrN7O3. The van der Waals surface area contributed by atoms with Crippen LogP contribution in [0.15, 0.2) is 53.1 Å². The lowest BCUT2D eigenvalue weighted by Gasteiger charge is -2.22. The van der Waals surface area contributed by atoms with Crippen molar-refractivity contribution in [2.75, 3.05) is 57.3 Å².